The van der Waals surface area contributed by atoms with Gasteiger partial charge in [0.05, 0.1) is 17.1 Å². The number of carbonyl (C=O) groups is 2. The van der Waals surface area contributed by atoms with Gasteiger partial charge in [0.25, 0.3) is 11.3 Å². The first-order chi connectivity index (χ1) is 13.3. The van der Waals surface area contributed by atoms with Gasteiger partial charge in [0.2, 0.25) is 5.78 Å². The minimum absolute atomic E-state index is 0.0241. The number of hydrogen-bond acceptors (Lipinski definition) is 6. The van der Waals surface area contributed by atoms with Crippen molar-refractivity contribution >= 4 is 27.7 Å². The molecule has 2 aromatic rings. The summed E-state index contributed by atoms with van der Waals surface area (Å²) in [5.41, 5.74) is -2.33. The fourth-order valence-electron chi connectivity index (χ4n) is 3.28. The third kappa shape index (κ3) is 3.09. The summed E-state index contributed by atoms with van der Waals surface area (Å²) < 4.78 is 11.6. The first-order valence-corrected chi connectivity index (χ1v) is 9.21. The molecule has 0 unspecified atom stereocenters. The van der Waals surface area contributed by atoms with E-state index in [1.807, 2.05) is 0 Å². The van der Waals surface area contributed by atoms with Gasteiger partial charge in [-0.2, -0.15) is 0 Å². The van der Waals surface area contributed by atoms with E-state index in [9.17, 15) is 19.7 Å². The van der Waals surface area contributed by atoms with E-state index in [1.165, 1.54) is 12.1 Å². The highest BCUT2D eigenvalue weighted by atomic mass is 79.9. The summed E-state index contributed by atoms with van der Waals surface area (Å²) in [7, 11) is 0. The van der Waals surface area contributed by atoms with Crippen molar-refractivity contribution in [1.29, 1.82) is 0 Å². The number of nitrogens with zero attached hydrogens (tertiary/aromatic N) is 1. The number of rotatable bonds is 6. The third-order valence-electron chi connectivity index (χ3n) is 4.48. The monoisotopic (exact) mass is 445 g/mol. The number of carbonyl (C=O) groups excluding carboxylic acids is 2. The van der Waals surface area contributed by atoms with Crippen molar-refractivity contribution in [3.05, 3.63) is 86.5 Å². The highest BCUT2D eigenvalue weighted by molar-refractivity contribution is 9.10. The van der Waals surface area contributed by atoms with Crippen molar-refractivity contribution in [1.82, 2.24) is 0 Å². The maximum absolute atomic E-state index is 13.4. The largest absolute Gasteiger partial charge is 0.465 e. The lowest BCUT2D eigenvalue weighted by Gasteiger charge is -2.31. The van der Waals surface area contributed by atoms with Crippen LogP contribution in [0.3, 0.4) is 0 Å². The van der Waals surface area contributed by atoms with E-state index in [0.717, 1.165) is 0 Å². The highest BCUT2D eigenvalue weighted by Gasteiger charge is 2.64. The first kappa shape index (κ1) is 19.8. The summed E-state index contributed by atoms with van der Waals surface area (Å²) >= 11 is 3.28. The SMILES string of the molecule is C=C([C@H](c1ccccc1)[C@@]1(C(=O)OCC)Oc2ccc(Br)cc2C1=O)[N+](=O)[O-]. The molecule has 0 fully saturated rings. The Labute approximate surface area is 169 Å². The standard InChI is InChI=1S/C20H16BrNO6/c1-3-27-19(24)20(18(23)15-11-14(21)9-10-16(15)28-20)17(12(2)22(25)26)13-7-5-4-6-8-13/h4-11,17H,2-3H2,1H3/t17-,20-/m1/s1. The molecule has 2 atom stereocenters. The lowest BCUT2D eigenvalue weighted by molar-refractivity contribution is -0.431. The van der Waals surface area contributed by atoms with Gasteiger partial charge in [-0.05, 0) is 37.3 Å². The summed E-state index contributed by atoms with van der Waals surface area (Å²) in [4.78, 5) is 37.3. The summed E-state index contributed by atoms with van der Waals surface area (Å²) in [5.74, 6) is -2.93. The minimum Gasteiger partial charge on any atom is -0.465 e. The number of ketones is 1. The molecule has 1 aliphatic rings. The third-order valence-corrected chi connectivity index (χ3v) is 4.97. The van der Waals surface area contributed by atoms with Crippen LogP contribution in [0.1, 0.15) is 28.8 Å². The Morgan fingerprint density at radius 3 is 2.61 bits per heavy atom. The number of nitro groups is 1. The van der Waals surface area contributed by atoms with E-state index in [1.54, 1.807) is 43.3 Å². The zero-order valence-corrected chi connectivity index (χ0v) is 16.5. The summed E-state index contributed by atoms with van der Waals surface area (Å²) in [6.07, 6.45) is 0. The second-order valence-electron chi connectivity index (χ2n) is 6.12. The molecule has 0 saturated carbocycles. The Balaban J connectivity index is 2.27. The van der Waals surface area contributed by atoms with Crippen molar-refractivity contribution in [3.8, 4) is 5.75 Å². The number of fused-ring (bicyclic) bond motifs is 1. The minimum atomic E-state index is -2.27. The van der Waals surface area contributed by atoms with E-state index in [2.05, 4.69) is 22.5 Å². The van der Waals surface area contributed by atoms with Gasteiger partial charge in [0.1, 0.15) is 11.7 Å². The molecule has 0 aromatic heterocycles. The molecule has 2 aromatic carbocycles. The average Bonchev–Trinajstić information content (AvgIpc) is 2.96. The quantitative estimate of drug-likeness (QED) is 0.289. The lowest BCUT2D eigenvalue weighted by atomic mass is 9.76. The first-order valence-electron chi connectivity index (χ1n) is 8.41. The Morgan fingerprint density at radius 2 is 2.00 bits per heavy atom. The van der Waals surface area contributed by atoms with Gasteiger partial charge in [-0.25, -0.2) is 4.79 Å². The van der Waals surface area contributed by atoms with Crippen LogP contribution in [0.15, 0.2) is 65.3 Å². The predicted octanol–water partition coefficient (Wildman–Crippen LogP) is 3.90. The molecule has 0 spiro atoms. The fraction of sp³-hybridized carbons (Fsp3) is 0.200. The van der Waals surface area contributed by atoms with E-state index >= 15 is 0 Å². The number of esters is 1. The number of Topliss-reactive ketones (excluding diaryl/α,β-unsaturated/α-hetero) is 1. The van der Waals surface area contributed by atoms with E-state index in [4.69, 9.17) is 9.47 Å². The van der Waals surface area contributed by atoms with Crippen molar-refractivity contribution < 1.29 is 24.0 Å². The van der Waals surface area contributed by atoms with Crippen molar-refractivity contribution in [3.63, 3.8) is 0 Å². The molecular formula is C20H16BrNO6. The molecular weight excluding hydrogens is 430 g/mol. The second-order valence-corrected chi connectivity index (χ2v) is 7.04. The lowest BCUT2D eigenvalue weighted by Crippen LogP contribution is -2.55. The summed E-state index contributed by atoms with van der Waals surface area (Å²) in [6.45, 7) is 5.08. The van der Waals surface area contributed by atoms with Gasteiger partial charge < -0.3 is 9.47 Å². The van der Waals surface area contributed by atoms with Crippen LogP contribution < -0.4 is 4.74 Å². The molecule has 8 heteroatoms. The maximum atomic E-state index is 13.4. The Hall–Kier alpha value is -3.00. The zero-order chi connectivity index (χ0) is 20.5. The van der Waals surface area contributed by atoms with Gasteiger partial charge in [-0.3, -0.25) is 14.9 Å². The van der Waals surface area contributed by atoms with Gasteiger partial charge in [-0.15, -0.1) is 0 Å². The van der Waals surface area contributed by atoms with Crippen LogP contribution in [-0.2, 0) is 9.53 Å². The van der Waals surface area contributed by atoms with Crippen LogP contribution >= 0.6 is 15.9 Å². The Bertz CT molecular complexity index is 974. The maximum Gasteiger partial charge on any atom is 0.360 e. The van der Waals surface area contributed by atoms with Gasteiger partial charge >= 0.3 is 5.97 Å². The van der Waals surface area contributed by atoms with Crippen LogP contribution in [0.5, 0.6) is 5.75 Å². The molecule has 144 valence electrons. The van der Waals surface area contributed by atoms with Crippen LogP contribution in [0.4, 0.5) is 0 Å². The number of benzene rings is 2. The molecule has 28 heavy (non-hydrogen) atoms. The highest BCUT2D eigenvalue weighted by Crippen LogP contribution is 2.47. The number of halogens is 1. The normalized spacial score (nSPS) is 18.7. The van der Waals surface area contributed by atoms with Gasteiger partial charge in [0.15, 0.2) is 0 Å². The van der Waals surface area contributed by atoms with Crippen LogP contribution in [-0.4, -0.2) is 28.9 Å². The van der Waals surface area contributed by atoms with Crippen molar-refractivity contribution in [2.75, 3.05) is 6.61 Å². The molecule has 7 nitrogen and oxygen atoms in total. The molecule has 0 aliphatic carbocycles. The second kappa shape index (κ2) is 7.55. The average molecular weight is 446 g/mol. The van der Waals surface area contributed by atoms with Crippen molar-refractivity contribution in [2.24, 2.45) is 0 Å². The molecule has 0 saturated heterocycles. The van der Waals surface area contributed by atoms with Gasteiger partial charge in [0, 0.05) is 4.47 Å². The molecule has 0 amide bonds. The smallest absolute Gasteiger partial charge is 0.360 e. The van der Waals surface area contributed by atoms with Crippen LogP contribution in [0, 0.1) is 10.1 Å². The molecule has 1 aliphatic heterocycles. The fourth-order valence-corrected chi connectivity index (χ4v) is 3.64. The summed E-state index contributed by atoms with van der Waals surface area (Å²) in [5, 5.41) is 11.6. The summed E-state index contributed by atoms with van der Waals surface area (Å²) in [6, 6.07) is 12.9. The molecule has 0 radical (unpaired) electrons. The number of hydrogen-bond donors (Lipinski definition) is 0. The zero-order valence-electron chi connectivity index (χ0n) is 14.9. The Morgan fingerprint density at radius 1 is 1.32 bits per heavy atom. The van der Waals surface area contributed by atoms with Gasteiger partial charge in [-0.1, -0.05) is 46.3 Å². The van der Waals surface area contributed by atoms with E-state index in [-0.39, 0.29) is 17.9 Å². The molecule has 0 N–H and O–H groups in total. The van der Waals surface area contributed by atoms with E-state index < -0.39 is 33.9 Å². The molecule has 1 heterocycles. The topological polar surface area (TPSA) is 95.7 Å². The Kier molecular flexibility index (Phi) is 5.33. The number of ether oxygens (including phenoxy) is 2. The predicted molar refractivity (Wildman–Crippen MR) is 104 cm³/mol. The van der Waals surface area contributed by atoms with Crippen molar-refractivity contribution in [2.45, 2.75) is 18.4 Å². The van der Waals surface area contributed by atoms with E-state index in [0.29, 0.717) is 10.0 Å². The molecule has 0 bridgehead atoms. The molecule has 3 rings (SSSR count). The van der Waals surface area contributed by atoms with Crippen LogP contribution in [0.25, 0.3) is 0 Å². The van der Waals surface area contributed by atoms with Crippen LogP contribution in [0.2, 0.25) is 0 Å².